The standard InChI is InChI=1S/C52H43N/c1-35(2)42-23-15-24-47-51(42)46-33-31-41(34-48(46)52(47,3)4)53(49-25-14-13-21-43(49)36-16-7-5-8-17-36)40-29-26-38(27-30-40)45-32-28-37-18-11-12-22-44(37)50(45)39-19-9-6-10-20-39/h5-35H,1-4H3. The lowest BCUT2D eigenvalue weighted by atomic mass is 9.81. The lowest BCUT2D eigenvalue weighted by Crippen LogP contribution is -2.17. The number of rotatable bonds is 7. The molecule has 0 N–H and O–H groups in total. The van der Waals surface area contributed by atoms with E-state index in [0.717, 1.165) is 17.1 Å². The van der Waals surface area contributed by atoms with Crippen LogP contribution in [0.25, 0.3) is 55.3 Å². The van der Waals surface area contributed by atoms with Crippen LogP contribution in [0.5, 0.6) is 0 Å². The fourth-order valence-corrected chi connectivity index (χ4v) is 8.60. The maximum absolute atomic E-state index is 2.45. The van der Waals surface area contributed by atoms with Gasteiger partial charge in [-0.15, -0.1) is 0 Å². The van der Waals surface area contributed by atoms with E-state index in [1.165, 1.54) is 72.0 Å². The highest BCUT2D eigenvalue weighted by atomic mass is 15.1. The van der Waals surface area contributed by atoms with Crippen molar-refractivity contribution in [2.45, 2.75) is 39.0 Å². The first-order chi connectivity index (χ1) is 25.9. The zero-order valence-corrected chi connectivity index (χ0v) is 30.8. The summed E-state index contributed by atoms with van der Waals surface area (Å²) in [6, 6.07) is 66.8. The van der Waals surface area contributed by atoms with Gasteiger partial charge in [0.25, 0.3) is 0 Å². The Balaban J connectivity index is 1.22. The van der Waals surface area contributed by atoms with E-state index in [1.54, 1.807) is 0 Å². The molecule has 1 aliphatic rings. The first-order valence-electron chi connectivity index (χ1n) is 18.8. The van der Waals surface area contributed by atoms with Crippen LogP contribution in [-0.4, -0.2) is 0 Å². The second kappa shape index (κ2) is 13.1. The van der Waals surface area contributed by atoms with Gasteiger partial charge in [-0.05, 0) is 103 Å². The molecule has 53 heavy (non-hydrogen) atoms. The van der Waals surface area contributed by atoms with Crippen LogP contribution < -0.4 is 4.90 Å². The average molecular weight is 682 g/mol. The van der Waals surface area contributed by atoms with Crippen molar-refractivity contribution in [3.8, 4) is 44.5 Å². The first kappa shape index (κ1) is 32.7. The number of fused-ring (bicyclic) bond motifs is 4. The number of hydrogen-bond donors (Lipinski definition) is 0. The highest BCUT2D eigenvalue weighted by Crippen LogP contribution is 2.53. The maximum atomic E-state index is 2.45. The Morgan fingerprint density at radius 1 is 0.434 bits per heavy atom. The van der Waals surface area contributed by atoms with Crippen LogP contribution in [0.3, 0.4) is 0 Å². The molecule has 8 aromatic rings. The van der Waals surface area contributed by atoms with Gasteiger partial charge in [0.1, 0.15) is 0 Å². The summed E-state index contributed by atoms with van der Waals surface area (Å²) in [5.74, 6) is 0.448. The van der Waals surface area contributed by atoms with Crippen LogP contribution >= 0.6 is 0 Å². The zero-order chi connectivity index (χ0) is 36.1. The molecule has 0 heterocycles. The number of para-hydroxylation sites is 1. The molecule has 0 atom stereocenters. The maximum Gasteiger partial charge on any atom is 0.0540 e. The van der Waals surface area contributed by atoms with Gasteiger partial charge in [0, 0.05) is 22.4 Å². The van der Waals surface area contributed by atoms with Crippen molar-refractivity contribution in [2.75, 3.05) is 4.90 Å². The minimum atomic E-state index is -0.121. The lowest BCUT2D eigenvalue weighted by Gasteiger charge is -2.30. The minimum absolute atomic E-state index is 0.121. The molecule has 0 saturated carbocycles. The number of benzene rings is 8. The number of anilines is 3. The topological polar surface area (TPSA) is 3.24 Å². The van der Waals surface area contributed by atoms with Crippen molar-refractivity contribution in [3.05, 3.63) is 199 Å². The third kappa shape index (κ3) is 5.56. The fraction of sp³-hybridized carbons (Fsp3) is 0.115. The van der Waals surface area contributed by atoms with E-state index in [9.17, 15) is 0 Å². The van der Waals surface area contributed by atoms with Gasteiger partial charge in [-0.2, -0.15) is 0 Å². The molecule has 0 unspecified atom stereocenters. The van der Waals surface area contributed by atoms with Crippen molar-refractivity contribution in [1.29, 1.82) is 0 Å². The summed E-state index contributed by atoms with van der Waals surface area (Å²) in [7, 11) is 0. The van der Waals surface area contributed by atoms with Crippen LogP contribution in [0.4, 0.5) is 17.1 Å². The molecule has 1 nitrogen and oxygen atoms in total. The molecule has 0 aliphatic heterocycles. The number of nitrogens with zero attached hydrogens (tertiary/aromatic N) is 1. The van der Waals surface area contributed by atoms with Gasteiger partial charge >= 0.3 is 0 Å². The van der Waals surface area contributed by atoms with E-state index >= 15 is 0 Å². The Morgan fingerprint density at radius 2 is 1.06 bits per heavy atom. The second-order valence-corrected chi connectivity index (χ2v) is 15.1. The van der Waals surface area contributed by atoms with Gasteiger partial charge in [0.05, 0.1) is 5.69 Å². The van der Waals surface area contributed by atoms with E-state index in [4.69, 9.17) is 0 Å². The Morgan fingerprint density at radius 3 is 1.81 bits per heavy atom. The average Bonchev–Trinajstić information content (AvgIpc) is 3.44. The van der Waals surface area contributed by atoms with Crippen molar-refractivity contribution < 1.29 is 0 Å². The molecule has 8 aromatic carbocycles. The van der Waals surface area contributed by atoms with Gasteiger partial charge in [0.15, 0.2) is 0 Å². The molecule has 0 saturated heterocycles. The van der Waals surface area contributed by atoms with Crippen molar-refractivity contribution in [1.82, 2.24) is 0 Å². The SMILES string of the molecule is CC(C)c1cccc2c1-c1ccc(N(c3ccc(-c4ccc5ccccc5c4-c4ccccc4)cc3)c3ccccc3-c3ccccc3)cc1C2(C)C. The van der Waals surface area contributed by atoms with Gasteiger partial charge < -0.3 is 4.90 Å². The normalized spacial score (nSPS) is 12.8. The molecule has 1 heteroatoms. The number of hydrogen-bond acceptors (Lipinski definition) is 1. The van der Waals surface area contributed by atoms with E-state index in [2.05, 4.69) is 215 Å². The van der Waals surface area contributed by atoms with Crippen LogP contribution in [0, 0.1) is 0 Å². The molecule has 0 aromatic heterocycles. The lowest BCUT2D eigenvalue weighted by molar-refractivity contribution is 0.659. The highest BCUT2D eigenvalue weighted by Gasteiger charge is 2.37. The molecule has 9 rings (SSSR count). The molecular formula is C52H43N. The summed E-state index contributed by atoms with van der Waals surface area (Å²) in [6.07, 6.45) is 0. The summed E-state index contributed by atoms with van der Waals surface area (Å²) in [6.45, 7) is 9.39. The third-order valence-corrected chi connectivity index (χ3v) is 11.3. The van der Waals surface area contributed by atoms with Gasteiger partial charge in [0.2, 0.25) is 0 Å². The Kier molecular flexibility index (Phi) is 8.09. The fourth-order valence-electron chi connectivity index (χ4n) is 8.60. The quantitative estimate of drug-likeness (QED) is 0.162. The summed E-state index contributed by atoms with van der Waals surface area (Å²) in [5.41, 5.74) is 17.6. The predicted octanol–water partition coefficient (Wildman–Crippen LogP) is 14.7. The Bertz CT molecular complexity index is 2600. The van der Waals surface area contributed by atoms with Gasteiger partial charge in [-0.3, -0.25) is 0 Å². The highest BCUT2D eigenvalue weighted by molar-refractivity contribution is 6.04. The third-order valence-electron chi connectivity index (χ3n) is 11.3. The molecule has 1 aliphatic carbocycles. The molecule has 0 radical (unpaired) electrons. The van der Waals surface area contributed by atoms with Gasteiger partial charge in [-0.25, -0.2) is 0 Å². The second-order valence-electron chi connectivity index (χ2n) is 15.1. The van der Waals surface area contributed by atoms with Gasteiger partial charge in [-0.1, -0.05) is 179 Å². The van der Waals surface area contributed by atoms with Crippen molar-refractivity contribution in [2.24, 2.45) is 0 Å². The smallest absolute Gasteiger partial charge is 0.0540 e. The summed E-state index contributed by atoms with van der Waals surface area (Å²) >= 11 is 0. The first-order valence-corrected chi connectivity index (χ1v) is 18.8. The Labute approximate surface area is 313 Å². The molecule has 256 valence electrons. The summed E-state index contributed by atoms with van der Waals surface area (Å²) < 4.78 is 0. The van der Waals surface area contributed by atoms with Crippen LogP contribution in [0.15, 0.2) is 182 Å². The summed E-state index contributed by atoms with van der Waals surface area (Å²) in [4.78, 5) is 2.45. The molecular weight excluding hydrogens is 639 g/mol. The molecule has 0 spiro atoms. The largest absolute Gasteiger partial charge is 0.310 e. The zero-order valence-electron chi connectivity index (χ0n) is 30.8. The van der Waals surface area contributed by atoms with Crippen molar-refractivity contribution in [3.63, 3.8) is 0 Å². The van der Waals surface area contributed by atoms with Crippen LogP contribution in [0.1, 0.15) is 50.3 Å². The van der Waals surface area contributed by atoms with Crippen LogP contribution in [-0.2, 0) is 5.41 Å². The van der Waals surface area contributed by atoms with E-state index in [1.807, 2.05) is 0 Å². The Hall–Kier alpha value is -6.18. The molecule has 0 amide bonds. The van der Waals surface area contributed by atoms with E-state index < -0.39 is 0 Å². The minimum Gasteiger partial charge on any atom is -0.310 e. The summed E-state index contributed by atoms with van der Waals surface area (Å²) in [5, 5.41) is 2.51. The molecule has 0 fully saturated rings. The van der Waals surface area contributed by atoms with E-state index in [-0.39, 0.29) is 5.41 Å². The van der Waals surface area contributed by atoms with Crippen molar-refractivity contribution >= 4 is 27.8 Å². The predicted molar refractivity (Wildman–Crippen MR) is 227 cm³/mol. The van der Waals surface area contributed by atoms with Crippen LogP contribution in [0.2, 0.25) is 0 Å². The molecule has 0 bridgehead atoms. The van der Waals surface area contributed by atoms with E-state index in [0.29, 0.717) is 5.92 Å². The monoisotopic (exact) mass is 681 g/mol.